The van der Waals surface area contributed by atoms with Crippen molar-refractivity contribution in [2.75, 3.05) is 18.5 Å². The maximum absolute atomic E-state index is 12.0. The Hall–Kier alpha value is -2.47. The van der Waals surface area contributed by atoms with Gasteiger partial charge >= 0.3 is 0 Å². The molecule has 5 N–H and O–H groups in total. The lowest BCUT2D eigenvalue weighted by molar-refractivity contribution is -0.117. The maximum atomic E-state index is 12.0. The number of nitrogens with two attached hydrogens (primary N) is 1. The number of aliphatic hydroxyl groups is 1. The Morgan fingerprint density at radius 3 is 2.82 bits per heavy atom. The van der Waals surface area contributed by atoms with Crippen LogP contribution in [0.25, 0.3) is 11.0 Å². The molecule has 2 rings (SSSR count). The molecular formula is C16H21N3O3. The van der Waals surface area contributed by atoms with Gasteiger partial charge in [0.2, 0.25) is 0 Å². The number of fused-ring (bicyclic) bond motifs is 1. The van der Waals surface area contributed by atoms with Gasteiger partial charge in [-0.3, -0.25) is 4.79 Å². The topological polar surface area (TPSA) is 101 Å². The van der Waals surface area contributed by atoms with Gasteiger partial charge in [0.15, 0.2) is 0 Å². The third kappa shape index (κ3) is 3.59. The summed E-state index contributed by atoms with van der Waals surface area (Å²) in [6.45, 7) is 3.84. The Labute approximate surface area is 129 Å². The monoisotopic (exact) mass is 303 g/mol. The summed E-state index contributed by atoms with van der Waals surface area (Å²) in [6, 6.07) is 7.55. The maximum Gasteiger partial charge on any atom is 0.250 e. The van der Waals surface area contributed by atoms with E-state index < -0.39 is 0 Å². The van der Waals surface area contributed by atoms with Crippen LogP contribution in [0.5, 0.6) is 0 Å². The molecule has 0 radical (unpaired) electrons. The van der Waals surface area contributed by atoms with Gasteiger partial charge in [0.05, 0.1) is 12.2 Å². The van der Waals surface area contributed by atoms with Crippen LogP contribution in [-0.4, -0.2) is 24.2 Å². The number of rotatable bonds is 6. The molecule has 0 bridgehead atoms. The fourth-order valence-corrected chi connectivity index (χ4v) is 2.23. The van der Waals surface area contributed by atoms with Crippen molar-refractivity contribution >= 4 is 22.6 Å². The summed E-state index contributed by atoms with van der Waals surface area (Å²) in [4.78, 5) is 12.0. The molecule has 0 fully saturated rings. The predicted molar refractivity (Wildman–Crippen MR) is 86.2 cm³/mol. The molecule has 0 spiro atoms. The van der Waals surface area contributed by atoms with E-state index in [1.54, 1.807) is 0 Å². The summed E-state index contributed by atoms with van der Waals surface area (Å²) in [5.74, 6) is 0.868. The van der Waals surface area contributed by atoms with Crippen LogP contribution in [0.1, 0.15) is 19.1 Å². The van der Waals surface area contributed by atoms with Crippen molar-refractivity contribution in [3.63, 3.8) is 0 Å². The molecule has 0 atom stereocenters. The fraction of sp³-hybridized carbons (Fsp3) is 0.312. The van der Waals surface area contributed by atoms with E-state index in [-0.39, 0.29) is 19.1 Å². The van der Waals surface area contributed by atoms with Crippen molar-refractivity contribution in [1.82, 2.24) is 5.32 Å². The standard InChI is InChI=1S/C16H21N3O3/c1-3-13(16(21)18-6-7-20)15(17)19-12-4-5-14-11(9-12)8-10(2)22-14/h4-5,8-9,19-20H,3,6-7,17H2,1-2H3,(H,18,21)/b15-13+. The normalized spacial score (nSPS) is 12.1. The molecule has 6 heteroatoms. The van der Waals surface area contributed by atoms with Gasteiger partial charge in [-0.15, -0.1) is 0 Å². The van der Waals surface area contributed by atoms with Crippen LogP contribution >= 0.6 is 0 Å². The smallest absolute Gasteiger partial charge is 0.250 e. The Morgan fingerprint density at radius 1 is 1.36 bits per heavy atom. The van der Waals surface area contributed by atoms with Crippen LogP contribution < -0.4 is 16.4 Å². The molecule has 0 unspecified atom stereocenters. The minimum absolute atomic E-state index is 0.105. The first kappa shape index (κ1) is 15.9. The van der Waals surface area contributed by atoms with Crippen LogP contribution in [0, 0.1) is 6.92 Å². The summed E-state index contributed by atoms with van der Waals surface area (Å²) in [6.07, 6.45) is 0.489. The number of furan rings is 1. The molecule has 2 aromatic rings. The lowest BCUT2D eigenvalue weighted by Crippen LogP contribution is -2.30. The van der Waals surface area contributed by atoms with E-state index in [9.17, 15) is 4.79 Å². The minimum Gasteiger partial charge on any atom is -0.461 e. The molecule has 0 aliphatic heterocycles. The van der Waals surface area contributed by atoms with Crippen LogP contribution in [0.2, 0.25) is 0 Å². The van der Waals surface area contributed by atoms with Crippen LogP contribution in [0.3, 0.4) is 0 Å². The second-order valence-corrected chi connectivity index (χ2v) is 4.96. The zero-order valence-corrected chi connectivity index (χ0v) is 12.8. The number of anilines is 1. The van der Waals surface area contributed by atoms with E-state index >= 15 is 0 Å². The van der Waals surface area contributed by atoms with E-state index in [0.717, 1.165) is 22.4 Å². The summed E-state index contributed by atoms with van der Waals surface area (Å²) in [5, 5.41) is 15.4. The molecule has 0 saturated carbocycles. The number of carbonyl (C=O) groups excluding carboxylic acids is 1. The number of aryl methyl sites for hydroxylation is 1. The van der Waals surface area contributed by atoms with Crippen LogP contribution in [0.4, 0.5) is 5.69 Å². The second kappa shape index (κ2) is 7.00. The predicted octanol–water partition coefficient (Wildman–Crippen LogP) is 1.84. The quantitative estimate of drug-likeness (QED) is 0.610. The van der Waals surface area contributed by atoms with Crippen LogP contribution in [0.15, 0.2) is 40.1 Å². The van der Waals surface area contributed by atoms with Gasteiger partial charge in [-0.05, 0) is 37.6 Å². The highest BCUT2D eigenvalue weighted by Crippen LogP contribution is 2.23. The van der Waals surface area contributed by atoms with Gasteiger partial charge in [0.25, 0.3) is 5.91 Å². The number of aliphatic hydroxyl groups excluding tert-OH is 1. The first-order chi connectivity index (χ1) is 10.5. The third-order valence-corrected chi connectivity index (χ3v) is 3.27. The van der Waals surface area contributed by atoms with E-state index in [4.69, 9.17) is 15.3 Å². The number of nitrogens with one attached hydrogen (secondary N) is 2. The molecule has 118 valence electrons. The van der Waals surface area contributed by atoms with Crippen molar-refractivity contribution in [2.24, 2.45) is 5.73 Å². The number of hydrogen-bond acceptors (Lipinski definition) is 5. The molecule has 0 aliphatic carbocycles. The van der Waals surface area contributed by atoms with Crippen molar-refractivity contribution in [2.45, 2.75) is 20.3 Å². The first-order valence-electron chi connectivity index (χ1n) is 7.20. The molecule has 1 amide bonds. The number of carbonyl (C=O) groups is 1. The van der Waals surface area contributed by atoms with Crippen molar-refractivity contribution in [1.29, 1.82) is 0 Å². The molecule has 1 heterocycles. The Kier molecular flexibility index (Phi) is 5.06. The molecule has 1 aromatic carbocycles. The Morgan fingerprint density at radius 2 is 2.14 bits per heavy atom. The summed E-state index contributed by atoms with van der Waals surface area (Å²) < 4.78 is 5.52. The van der Waals surface area contributed by atoms with Gasteiger partial charge in [-0.2, -0.15) is 0 Å². The van der Waals surface area contributed by atoms with Gasteiger partial charge in [0, 0.05) is 17.6 Å². The summed E-state index contributed by atoms with van der Waals surface area (Å²) in [7, 11) is 0. The Balaban J connectivity index is 2.20. The van der Waals surface area contributed by atoms with E-state index in [1.165, 1.54) is 0 Å². The van der Waals surface area contributed by atoms with E-state index in [1.807, 2.05) is 38.1 Å². The average Bonchev–Trinajstić information content (AvgIpc) is 2.85. The first-order valence-corrected chi connectivity index (χ1v) is 7.20. The molecular weight excluding hydrogens is 282 g/mol. The number of amides is 1. The number of benzene rings is 1. The van der Waals surface area contributed by atoms with E-state index in [0.29, 0.717) is 17.8 Å². The zero-order valence-electron chi connectivity index (χ0n) is 12.8. The SMILES string of the molecule is CC/C(C(=O)NCCO)=C(/N)Nc1ccc2oc(C)cc2c1. The fourth-order valence-electron chi connectivity index (χ4n) is 2.23. The minimum atomic E-state index is -0.276. The molecule has 0 aliphatic rings. The summed E-state index contributed by atoms with van der Waals surface area (Å²) >= 11 is 0. The highest BCUT2D eigenvalue weighted by atomic mass is 16.3. The van der Waals surface area contributed by atoms with Gasteiger partial charge in [-0.25, -0.2) is 0 Å². The van der Waals surface area contributed by atoms with Gasteiger partial charge < -0.3 is 25.9 Å². The lowest BCUT2D eigenvalue weighted by Gasteiger charge is -2.12. The number of hydrogen-bond donors (Lipinski definition) is 4. The van der Waals surface area contributed by atoms with Gasteiger partial charge in [-0.1, -0.05) is 6.92 Å². The van der Waals surface area contributed by atoms with Crippen molar-refractivity contribution in [3.8, 4) is 0 Å². The zero-order chi connectivity index (χ0) is 16.1. The van der Waals surface area contributed by atoms with Crippen molar-refractivity contribution < 1.29 is 14.3 Å². The largest absolute Gasteiger partial charge is 0.461 e. The molecule has 1 aromatic heterocycles. The average molecular weight is 303 g/mol. The second-order valence-electron chi connectivity index (χ2n) is 4.96. The highest BCUT2D eigenvalue weighted by molar-refractivity contribution is 5.94. The van der Waals surface area contributed by atoms with Crippen LogP contribution in [-0.2, 0) is 4.79 Å². The highest BCUT2D eigenvalue weighted by Gasteiger charge is 2.12. The van der Waals surface area contributed by atoms with Crippen molar-refractivity contribution in [3.05, 3.63) is 41.4 Å². The van der Waals surface area contributed by atoms with Gasteiger partial charge in [0.1, 0.15) is 17.2 Å². The lowest BCUT2D eigenvalue weighted by atomic mass is 10.1. The molecule has 6 nitrogen and oxygen atoms in total. The summed E-state index contributed by atoms with van der Waals surface area (Å²) in [5.41, 5.74) is 8.05. The molecule has 22 heavy (non-hydrogen) atoms. The Bertz CT molecular complexity index is 704. The van der Waals surface area contributed by atoms with E-state index in [2.05, 4.69) is 10.6 Å². The third-order valence-electron chi connectivity index (χ3n) is 3.27. The molecule has 0 saturated heterocycles.